The molecule has 0 radical (unpaired) electrons. The average Bonchev–Trinajstić information content (AvgIpc) is 3.11. The Labute approximate surface area is 163 Å². The molecule has 0 spiro atoms. The molecule has 6 heteroatoms. The highest BCUT2D eigenvalue weighted by Crippen LogP contribution is 2.31. The Morgan fingerprint density at radius 3 is 2.41 bits per heavy atom. The van der Waals surface area contributed by atoms with Crippen LogP contribution in [-0.2, 0) is 0 Å². The number of nitrogens with zero attached hydrogens (tertiary/aromatic N) is 3. The molecule has 142 valence electrons. The summed E-state index contributed by atoms with van der Waals surface area (Å²) >= 11 is 1.35. The van der Waals surface area contributed by atoms with Crippen LogP contribution >= 0.6 is 11.3 Å². The molecule has 0 bridgehead atoms. The molecule has 0 saturated heterocycles. The summed E-state index contributed by atoms with van der Waals surface area (Å²) in [6.45, 7) is 9.27. The fourth-order valence-corrected chi connectivity index (χ4v) is 3.94. The largest absolute Gasteiger partial charge is 0.302 e. The number of aryl methyl sites for hydroxylation is 1. The van der Waals surface area contributed by atoms with Gasteiger partial charge in [0.25, 0.3) is 5.91 Å². The second-order valence-corrected chi connectivity index (χ2v) is 7.44. The van der Waals surface area contributed by atoms with E-state index in [0.717, 1.165) is 29.9 Å². The van der Waals surface area contributed by atoms with Gasteiger partial charge < -0.3 is 4.90 Å². The second-order valence-electron chi connectivity index (χ2n) is 6.43. The van der Waals surface area contributed by atoms with Gasteiger partial charge >= 0.3 is 0 Å². The van der Waals surface area contributed by atoms with Crippen LogP contribution in [0.4, 0.5) is 9.52 Å². The van der Waals surface area contributed by atoms with Crippen LogP contribution in [0.25, 0.3) is 10.2 Å². The van der Waals surface area contributed by atoms with Gasteiger partial charge in [-0.3, -0.25) is 9.69 Å². The van der Waals surface area contributed by atoms with Crippen molar-refractivity contribution in [3.8, 4) is 0 Å². The lowest BCUT2D eigenvalue weighted by molar-refractivity contribution is 0.0984. The fraction of sp³-hybridized carbons (Fsp3) is 0.333. The van der Waals surface area contributed by atoms with E-state index in [2.05, 4.69) is 23.7 Å². The van der Waals surface area contributed by atoms with E-state index in [1.165, 1.54) is 17.4 Å². The highest BCUT2D eigenvalue weighted by molar-refractivity contribution is 7.22. The van der Waals surface area contributed by atoms with Gasteiger partial charge in [-0.2, -0.15) is 0 Å². The number of aromatic nitrogens is 1. The van der Waals surface area contributed by atoms with Crippen molar-refractivity contribution >= 4 is 32.6 Å². The number of para-hydroxylation sites is 1. The quantitative estimate of drug-likeness (QED) is 0.590. The summed E-state index contributed by atoms with van der Waals surface area (Å²) in [5, 5.41) is 0.535. The maximum atomic E-state index is 14.1. The molecule has 1 amide bonds. The van der Waals surface area contributed by atoms with Crippen molar-refractivity contribution in [1.82, 2.24) is 9.88 Å². The summed E-state index contributed by atoms with van der Waals surface area (Å²) in [6, 6.07) is 12.4. The summed E-state index contributed by atoms with van der Waals surface area (Å²) < 4.78 is 14.8. The van der Waals surface area contributed by atoms with Crippen LogP contribution in [0.5, 0.6) is 0 Å². The van der Waals surface area contributed by atoms with Gasteiger partial charge in [0.15, 0.2) is 5.13 Å². The van der Waals surface area contributed by atoms with E-state index in [0.29, 0.717) is 22.8 Å². The number of carbonyl (C=O) groups is 1. The predicted molar refractivity (Wildman–Crippen MR) is 110 cm³/mol. The van der Waals surface area contributed by atoms with Crippen molar-refractivity contribution in [2.24, 2.45) is 0 Å². The molecule has 0 unspecified atom stereocenters. The molecule has 0 aliphatic heterocycles. The number of hydrogen-bond donors (Lipinski definition) is 0. The van der Waals surface area contributed by atoms with Gasteiger partial charge in [0, 0.05) is 18.7 Å². The number of benzene rings is 2. The van der Waals surface area contributed by atoms with Gasteiger partial charge in [0.2, 0.25) is 0 Å². The van der Waals surface area contributed by atoms with Crippen LogP contribution in [0.15, 0.2) is 42.5 Å². The third-order valence-corrected chi connectivity index (χ3v) is 5.71. The first-order valence-electron chi connectivity index (χ1n) is 9.19. The van der Waals surface area contributed by atoms with Crippen molar-refractivity contribution in [2.45, 2.75) is 20.8 Å². The monoisotopic (exact) mass is 385 g/mol. The number of halogens is 1. The molecule has 0 aliphatic carbocycles. The Bertz CT molecular complexity index is 919. The fourth-order valence-electron chi connectivity index (χ4n) is 2.94. The Balaban J connectivity index is 1.96. The van der Waals surface area contributed by atoms with Gasteiger partial charge in [-0.25, -0.2) is 9.37 Å². The number of hydrogen-bond acceptors (Lipinski definition) is 4. The summed E-state index contributed by atoms with van der Waals surface area (Å²) in [4.78, 5) is 21.6. The Hall–Kier alpha value is -2.31. The number of carbonyl (C=O) groups excluding carboxylic acids is 1. The number of likely N-dealkylation sites (N-methyl/N-ethyl adjacent to an activating group) is 1. The van der Waals surface area contributed by atoms with E-state index in [1.54, 1.807) is 11.0 Å². The first kappa shape index (κ1) is 19.5. The van der Waals surface area contributed by atoms with Crippen LogP contribution in [0.2, 0.25) is 0 Å². The Morgan fingerprint density at radius 1 is 1.07 bits per heavy atom. The molecule has 3 rings (SSSR count). The molecule has 0 aliphatic rings. The number of thiazole rings is 1. The summed E-state index contributed by atoms with van der Waals surface area (Å²) in [5.74, 6) is -0.469. The van der Waals surface area contributed by atoms with E-state index in [4.69, 9.17) is 0 Å². The van der Waals surface area contributed by atoms with Crippen LogP contribution in [0.1, 0.15) is 29.8 Å². The third kappa shape index (κ3) is 4.34. The minimum Gasteiger partial charge on any atom is -0.302 e. The van der Waals surface area contributed by atoms with Gasteiger partial charge in [-0.05, 0) is 44.3 Å². The van der Waals surface area contributed by atoms with E-state index >= 15 is 0 Å². The zero-order valence-corrected chi connectivity index (χ0v) is 16.7. The van der Waals surface area contributed by atoms with Gasteiger partial charge in [0.05, 0.1) is 4.70 Å². The number of anilines is 1. The first-order chi connectivity index (χ1) is 13.0. The van der Waals surface area contributed by atoms with Crippen molar-refractivity contribution in [2.75, 3.05) is 31.1 Å². The topological polar surface area (TPSA) is 36.4 Å². The first-order valence-corrected chi connectivity index (χ1v) is 10.0. The van der Waals surface area contributed by atoms with Crippen LogP contribution in [0, 0.1) is 12.7 Å². The molecule has 3 aromatic rings. The van der Waals surface area contributed by atoms with E-state index in [-0.39, 0.29) is 11.7 Å². The lowest BCUT2D eigenvalue weighted by atomic mass is 10.1. The zero-order valence-electron chi connectivity index (χ0n) is 15.9. The number of rotatable bonds is 7. The highest BCUT2D eigenvalue weighted by atomic mass is 32.1. The maximum Gasteiger partial charge on any atom is 0.260 e. The van der Waals surface area contributed by atoms with Crippen molar-refractivity contribution in [3.05, 3.63) is 59.4 Å². The molecule has 1 heterocycles. The molecule has 0 fully saturated rings. The minimum atomic E-state index is -0.360. The van der Waals surface area contributed by atoms with Crippen molar-refractivity contribution < 1.29 is 9.18 Å². The highest BCUT2D eigenvalue weighted by Gasteiger charge is 2.22. The molecule has 0 atom stereocenters. The van der Waals surface area contributed by atoms with E-state index in [1.807, 2.05) is 37.3 Å². The van der Waals surface area contributed by atoms with Gasteiger partial charge in [0.1, 0.15) is 11.3 Å². The van der Waals surface area contributed by atoms with Crippen LogP contribution in [0.3, 0.4) is 0 Å². The molecule has 2 aromatic carbocycles. The van der Waals surface area contributed by atoms with Crippen LogP contribution < -0.4 is 4.90 Å². The summed E-state index contributed by atoms with van der Waals surface area (Å²) in [5.41, 5.74) is 2.03. The molecule has 27 heavy (non-hydrogen) atoms. The number of amides is 1. The normalized spacial score (nSPS) is 11.3. The van der Waals surface area contributed by atoms with Gasteiger partial charge in [-0.15, -0.1) is 0 Å². The third-order valence-electron chi connectivity index (χ3n) is 4.67. The molecular weight excluding hydrogens is 361 g/mol. The Morgan fingerprint density at radius 2 is 1.78 bits per heavy atom. The molecule has 0 saturated carbocycles. The minimum absolute atomic E-state index is 0.110. The molecular formula is C21H24FN3OS. The molecule has 4 nitrogen and oxygen atoms in total. The smallest absolute Gasteiger partial charge is 0.260 e. The second kappa shape index (κ2) is 8.59. The SMILES string of the molecule is CCN(CC)CCN(C(=O)c1ccc(C)cc1)c1nc2c(F)cccc2s1. The van der Waals surface area contributed by atoms with Crippen molar-refractivity contribution in [1.29, 1.82) is 0 Å². The predicted octanol–water partition coefficient (Wildman–Crippen LogP) is 4.73. The maximum absolute atomic E-state index is 14.1. The van der Waals surface area contributed by atoms with Crippen LogP contribution in [-0.4, -0.2) is 42.0 Å². The lowest BCUT2D eigenvalue weighted by Gasteiger charge is -2.24. The summed E-state index contributed by atoms with van der Waals surface area (Å²) in [6.07, 6.45) is 0. The number of fused-ring (bicyclic) bond motifs is 1. The standard InChI is InChI=1S/C21H24FN3OS/c1-4-24(5-2)13-14-25(20(26)16-11-9-15(3)10-12-16)21-23-19-17(22)7-6-8-18(19)27-21/h6-12H,4-5,13-14H2,1-3H3. The summed E-state index contributed by atoms with van der Waals surface area (Å²) in [7, 11) is 0. The van der Waals surface area contributed by atoms with Crippen molar-refractivity contribution in [3.63, 3.8) is 0 Å². The van der Waals surface area contributed by atoms with E-state index in [9.17, 15) is 9.18 Å². The van der Waals surface area contributed by atoms with Gasteiger partial charge in [-0.1, -0.05) is 48.9 Å². The lowest BCUT2D eigenvalue weighted by Crippen LogP contribution is -2.38. The average molecular weight is 386 g/mol. The molecule has 0 N–H and O–H groups in total. The van der Waals surface area contributed by atoms with E-state index < -0.39 is 0 Å². The zero-order chi connectivity index (χ0) is 19.4. The Kier molecular flexibility index (Phi) is 6.19. The molecule has 1 aromatic heterocycles.